The van der Waals surface area contributed by atoms with E-state index in [1.807, 2.05) is 13.8 Å². The van der Waals surface area contributed by atoms with E-state index < -0.39 is 35.2 Å². The molecule has 2 heterocycles. The van der Waals surface area contributed by atoms with E-state index in [0.29, 0.717) is 6.61 Å². The van der Waals surface area contributed by atoms with Crippen LogP contribution in [0.15, 0.2) is 23.3 Å². The predicted octanol–water partition coefficient (Wildman–Crippen LogP) is 2.97. The Morgan fingerprint density at radius 1 is 1.50 bits per heavy atom. The molecule has 0 aromatic rings. The van der Waals surface area contributed by atoms with E-state index in [2.05, 4.69) is 0 Å². The third-order valence-electron chi connectivity index (χ3n) is 5.50. The number of methoxy groups -OCH3 is 1. The highest BCUT2D eigenvalue weighted by atomic mass is 19.4. The molecule has 0 aromatic carbocycles. The van der Waals surface area contributed by atoms with Crippen LogP contribution in [0.1, 0.15) is 27.2 Å². The van der Waals surface area contributed by atoms with E-state index in [9.17, 15) is 18.0 Å². The zero-order valence-corrected chi connectivity index (χ0v) is 14.1. The molecule has 7 heteroatoms. The molecule has 3 rings (SSSR count). The van der Waals surface area contributed by atoms with Gasteiger partial charge in [0.15, 0.2) is 5.78 Å². The molecule has 2 saturated heterocycles. The van der Waals surface area contributed by atoms with Crippen molar-refractivity contribution in [2.24, 2.45) is 5.92 Å². The SMILES string of the molecule is CO[C@@H]1C(=O)C=C(C)[C@]2(CO2)[C@H]1C1(C)O[C@@H]1C/C=C(\C)C(F)(F)F. The minimum absolute atomic E-state index is 0.141. The van der Waals surface area contributed by atoms with Crippen molar-refractivity contribution in [1.29, 1.82) is 0 Å². The first-order valence-electron chi connectivity index (χ1n) is 7.87. The topological polar surface area (TPSA) is 51.4 Å². The zero-order chi connectivity index (χ0) is 17.9. The summed E-state index contributed by atoms with van der Waals surface area (Å²) in [5.41, 5.74) is -1.16. The molecule has 1 aliphatic carbocycles. The number of alkyl halides is 3. The smallest absolute Gasteiger partial charge is 0.373 e. The molecule has 0 amide bonds. The average molecular weight is 346 g/mol. The van der Waals surface area contributed by atoms with Gasteiger partial charge in [0.1, 0.15) is 17.3 Å². The van der Waals surface area contributed by atoms with Crippen LogP contribution in [0, 0.1) is 5.92 Å². The number of halogens is 3. The summed E-state index contributed by atoms with van der Waals surface area (Å²) in [7, 11) is 1.45. The van der Waals surface area contributed by atoms with E-state index in [0.717, 1.165) is 18.6 Å². The maximum atomic E-state index is 12.6. The molecule has 1 unspecified atom stereocenters. The van der Waals surface area contributed by atoms with Crippen molar-refractivity contribution in [3.63, 3.8) is 0 Å². The lowest BCUT2D eigenvalue weighted by Gasteiger charge is -2.36. The van der Waals surface area contributed by atoms with Gasteiger partial charge in [0.2, 0.25) is 0 Å². The lowest BCUT2D eigenvalue weighted by atomic mass is 9.69. The number of ketones is 1. The van der Waals surface area contributed by atoms with Crippen LogP contribution in [0.2, 0.25) is 0 Å². The number of hydrogen-bond acceptors (Lipinski definition) is 4. The molecule has 2 aliphatic heterocycles. The Bertz CT molecular complexity index is 618. The van der Waals surface area contributed by atoms with Gasteiger partial charge in [-0.15, -0.1) is 0 Å². The number of rotatable bonds is 4. The van der Waals surface area contributed by atoms with Crippen molar-refractivity contribution in [2.75, 3.05) is 13.7 Å². The summed E-state index contributed by atoms with van der Waals surface area (Å²) in [6.07, 6.45) is -2.61. The van der Waals surface area contributed by atoms with Gasteiger partial charge in [0.25, 0.3) is 0 Å². The van der Waals surface area contributed by atoms with Gasteiger partial charge in [-0.2, -0.15) is 13.2 Å². The molecule has 0 bridgehead atoms. The molecule has 5 atom stereocenters. The van der Waals surface area contributed by atoms with Crippen LogP contribution in [0.3, 0.4) is 0 Å². The van der Waals surface area contributed by atoms with Gasteiger partial charge in [-0.1, -0.05) is 6.08 Å². The van der Waals surface area contributed by atoms with E-state index >= 15 is 0 Å². The Labute approximate surface area is 138 Å². The van der Waals surface area contributed by atoms with Crippen LogP contribution in [0.5, 0.6) is 0 Å². The number of allylic oxidation sites excluding steroid dienone is 1. The van der Waals surface area contributed by atoms with Crippen LogP contribution in [0.25, 0.3) is 0 Å². The molecular formula is C17H21F3O4. The minimum atomic E-state index is -4.33. The summed E-state index contributed by atoms with van der Waals surface area (Å²) in [5.74, 6) is -0.518. The molecule has 0 N–H and O–H groups in total. The number of carbonyl (C=O) groups is 1. The van der Waals surface area contributed by atoms with E-state index in [1.165, 1.54) is 13.2 Å². The lowest BCUT2D eigenvalue weighted by Crippen LogP contribution is -2.52. The third-order valence-corrected chi connectivity index (χ3v) is 5.50. The number of epoxide rings is 2. The molecule has 0 radical (unpaired) electrons. The number of hydrogen-bond donors (Lipinski definition) is 0. The maximum Gasteiger partial charge on any atom is 0.412 e. The molecule has 2 fully saturated rings. The van der Waals surface area contributed by atoms with Gasteiger partial charge in [-0.3, -0.25) is 4.79 Å². The normalized spacial score (nSPS) is 42.3. The maximum absolute atomic E-state index is 12.6. The Balaban J connectivity index is 1.81. The molecule has 0 saturated carbocycles. The molecule has 24 heavy (non-hydrogen) atoms. The highest BCUT2D eigenvalue weighted by Crippen LogP contribution is 2.59. The van der Waals surface area contributed by atoms with Crippen molar-refractivity contribution in [3.8, 4) is 0 Å². The van der Waals surface area contributed by atoms with Crippen LogP contribution in [-0.2, 0) is 19.0 Å². The predicted molar refractivity (Wildman–Crippen MR) is 79.4 cm³/mol. The van der Waals surface area contributed by atoms with Gasteiger partial charge in [-0.25, -0.2) is 0 Å². The first-order chi connectivity index (χ1) is 11.1. The molecule has 134 valence electrons. The van der Waals surface area contributed by atoms with Gasteiger partial charge in [-0.05, 0) is 38.8 Å². The second kappa shape index (κ2) is 5.41. The quantitative estimate of drug-likeness (QED) is 0.580. The van der Waals surface area contributed by atoms with Crippen molar-refractivity contribution in [3.05, 3.63) is 23.3 Å². The number of carbonyl (C=O) groups excluding carboxylic acids is 1. The summed E-state index contributed by atoms with van der Waals surface area (Å²) in [4.78, 5) is 12.3. The molecule has 3 aliphatic rings. The lowest BCUT2D eigenvalue weighted by molar-refractivity contribution is -0.132. The highest BCUT2D eigenvalue weighted by Gasteiger charge is 2.72. The summed E-state index contributed by atoms with van der Waals surface area (Å²) < 4.78 is 54.7. The van der Waals surface area contributed by atoms with Crippen LogP contribution in [0.4, 0.5) is 13.2 Å². The van der Waals surface area contributed by atoms with Gasteiger partial charge in [0.05, 0.1) is 18.6 Å². The summed E-state index contributed by atoms with van der Waals surface area (Å²) in [6, 6.07) is 0. The number of ether oxygens (including phenoxy) is 3. The highest BCUT2D eigenvalue weighted by molar-refractivity contribution is 5.96. The molecule has 1 spiro atoms. The third kappa shape index (κ3) is 2.62. The monoisotopic (exact) mass is 346 g/mol. The minimum Gasteiger partial charge on any atom is -0.373 e. The summed E-state index contributed by atoms with van der Waals surface area (Å²) >= 11 is 0. The largest absolute Gasteiger partial charge is 0.412 e. The molecular weight excluding hydrogens is 325 g/mol. The van der Waals surface area contributed by atoms with Crippen LogP contribution < -0.4 is 0 Å². The second-order valence-electron chi connectivity index (χ2n) is 6.95. The van der Waals surface area contributed by atoms with E-state index in [4.69, 9.17) is 14.2 Å². The van der Waals surface area contributed by atoms with Crippen LogP contribution in [-0.4, -0.2) is 49.1 Å². The van der Waals surface area contributed by atoms with Crippen molar-refractivity contribution < 1.29 is 32.2 Å². The molecule has 4 nitrogen and oxygen atoms in total. The first kappa shape index (κ1) is 17.6. The van der Waals surface area contributed by atoms with Crippen molar-refractivity contribution in [1.82, 2.24) is 0 Å². The van der Waals surface area contributed by atoms with Crippen LogP contribution >= 0.6 is 0 Å². The van der Waals surface area contributed by atoms with Gasteiger partial charge < -0.3 is 14.2 Å². The van der Waals surface area contributed by atoms with Gasteiger partial charge in [0, 0.05) is 12.7 Å². The second-order valence-corrected chi connectivity index (χ2v) is 6.95. The Hall–Kier alpha value is -1.18. The standard InChI is InChI=1S/C17H21F3O4/c1-9(17(18,19)20)5-6-12-15(3,24-12)14-13(22-4)11(21)7-10(2)16(14)8-23-16/h5,7,12-14H,6,8H2,1-4H3/b9-5+/t12-,13-,14-,15?,16-/m1/s1. The Morgan fingerprint density at radius 3 is 2.62 bits per heavy atom. The fourth-order valence-corrected chi connectivity index (χ4v) is 3.80. The summed E-state index contributed by atoms with van der Waals surface area (Å²) in [5, 5.41) is 0. The zero-order valence-electron chi connectivity index (χ0n) is 14.1. The van der Waals surface area contributed by atoms with Crippen molar-refractivity contribution in [2.45, 2.75) is 56.8 Å². The Morgan fingerprint density at radius 2 is 2.12 bits per heavy atom. The van der Waals surface area contributed by atoms with E-state index in [1.54, 1.807) is 0 Å². The fourth-order valence-electron chi connectivity index (χ4n) is 3.80. The van der Waals surface area contributed by atoms with Crippen molar-refractivity contribution >= 4 is 5.78 Å². The average Bonchev–Trinajstić information content (AvgIpc) is 3.37. The summed E-state index contributed by atoms with van der Waals surface area (Å²) in [6.45, 7) is 5.16. The Kier molecular flexibility index (Phi) is 3.97. The molecule has 0 aromatic heterocycles. The fraction of sp³-hybridized carbons (Fsp3) is 0.706. The van der Waals surface area contributed by atoms with Gasteiger partial charge >= 0.3 is 6.18 Å². The van der Waals surface area contributed by atoms with E-state index in [-0.39, 0.29) is 18.1 Å². The first-order valence-corrected chi connectivity index (χ1v) is 7.87.